The largest absolute Gasteiger partial charge is 0.492 e. The van der Waals surface area contributed by atoms with Gasteiger partial charge in [0.15, 0.2) is 4.77 Å². The van der Waals surface area contributed by atoms with Gasteiger partial charge in [-0.1, -0.05) is 11.6 Å². The van der Waals surface area contributed by atoms with Crippen LogP contribution in [-0.2, 0) is 0 Å². The Kier molecular flexibility index (Phi) is 5.16. The van der Waals surface area contributed by atoms with Crippen LogP contribution in [0.25, 0.3) is 11.0 Å². The lowest BCUT2D eigenvalue weighted by molar-refractivity contribution is 0.0955. The number of hydrogen-bond donors (Lipinski definition) is 3. The van der Waals surface area contributed by atoms with E-state index in [0.717, 1.165) is 16.6 Å². The Morgan fingerprint density at radius 3 is 2.84 bits per heavy atom. The molecule has 1 heterocycles. The summed E-state index contributed by atoms with van der Waals surface area (Å²) in [6, 6.07) is 10.5. The molecule has 3 N–H and O–H groups in total. The second-order valence-electron chi connectivity index (χ2n) is 5.16. The van der Waals surface area contributed by atoms with Crippen molar-refractivity contribution in [1.82, 2.24) is 15.4 Å². The van der Waals surface area contributed by atoms with Gasteiger partial charge in [0.1, 0.15) is 5.75 Å². The molecule has 0 aliphatic heterocycles. The third-order valence-corrected chi connectivity index (χ3v) is 3.91. The molecule has 0 unspecified atom stereocenters. The minimum atomic E-state index is -0.323. The normalized spacial score (nSPS) is 11.1. The van der Waals surface area contributed by atoms with E-state index in [-0.39, 0.29) is 5.91 Å². The molecule has 0 saturated heterocycles. The quantitative estimate of drug-likeness (QED) is 0.358. The van der Waals surface area contributed by atoms with Crippen molar-refractivity contribution in [3.8, 4) is 5.75 Å². The fourth-order valence-corrected chi connectivity index (χ4v) is 2.74. The number of hydrogen-bond acceptors (Lipinski definition) is 4. The zero-order chi connectivity index (χ0) is 17.8. The van der Waals surface area contributed by atoms with Crippen LogP contribution in [0.1, 0.15) is 22.8 Å². The monoisotopic (exact) mass is 374 g/mol. The van der Waals surface area contributed by atoms with E-state index in [1.54, 1.807) is 36.4 Å². The third-order valence-electron chi connectivity index (χ3n) is 3.41. The second kappa shape index (κ2) is 7.50. The number of rotatable bonds is 5. The number of halogens is 1. The van der Waals surface area contributed by atoms with E-state index in [0.29, 0.717) is 27.7 Å². The van der Waals surface area contributed by atoms with E-state index >= 15 is 0 Å². The number of carbonyl (C=O) groups excluding carboxylic acids is 1. The standard InChI is InChI=1S/C17H15ClN4O2S/c1-2-24-15-6-3-10(7-12(15)18)9-19-22-16(23)11-4-5-13-14(8-11)21-17(25)20-13/h3-9H,2H2,1H3,(H,22,23)(H2,20,21,25)/b19-9-. The van der Waals surface area contributed by atoms with Crippen molar-refractivity contribution in [2.75, 3.05) is 6.61 Å². The van der Waals surface area contributed by atoms with Gasteiger partial charge in [0.05, 0.1) is 28.9 Å². The Labute approximate surface area is 153 Å². The average Bonchev–Trinajstić information content (AvgIpc) is 2.96. The third kappa shape index (κ3) is 4.07. The summed E-state index contributed by atoms with van der Waals surface area (Å²) in [6.07, 6.45) is 1.52. The molecule has 0 fully saturated rings. The van der Waals surface area contributed by atoms with Crippen LogP contribution in [0.2, 0.25) is 5.02 Å². The fourth-order valence-electron chi connectivity index (χ4n) is 2.27. The predicted molar refractivity (Wildman–Crippen MR) is 101 cm³/mol. The van der Waals surface area contributed by atoms with E-state index in [1.807, 2.05) is 6.92 Å². The first-order valence-corrected chi connectivity index (χ1v) is 8.33. The number of aromatic amines is 2. The SMILES string of the molecule is CCOc1ccc(/C=N\NC(=O)c2ccc3[nH]c(=S)[nH]c3c2)cc1Cl. The molecule has 25 heavy (non-hydrogen) atoms. The highest BCUT2D eigenvalue weighted by Crippen LogP contribution is 2.24. The smallest absolute Gasteiger partial charge is 0.271 e. The van der Waals surface area contributed by atoms with Gasteiger partial charge in [-0.25, -0.2) is 5.43 Å². The molecule has 0 aliphatic rings. The number of imidazole rings is 1. The Balaban J connectivity index is 1.69. The molecule has 0 spiro atoms. The Morgan fingerprint density at radius 1 is 1.28 bits per heavy atom. The number of nitrogens with one attached hydrogen (secondary N) is 3. The molecule has 0 saturated carbocycles. The predicted octanol–water partition coefficient (Wildman–Crippen LogP) is 4.04. The number of nitrogens with zero attached hydrogens (tertiary/aromatic N) is 1. The van der Waals surface area contributed by atoms with Gasteiger partial charge in [0, 0.05) is 5.56 Å². The van der Waals surface area contributed by atoms with Crippen LogP contribution in [0.5, 0.6) is 5.75 Å². The molecule has 8 heteroatoms. The number of benzene rings is 2. The molecule has 6 nitrogen and oxygen atoms in total. The van der Waals surface area contributed by atoms with Crippen LogP contribution in [0.4, 0.5) is 0 Å². The highest BCUT2D eigenvalue weighted by atomic mass is 35.5. The summed E-state index contributed by atoms with van der Waals surface area (Å²) in [6.45, 7) is 2.43. The van der Waals surface area contributed by atoms with Gasteiger partial charge in [-0.15, -0.1) is 0 Å². The van der Waals surface area contributed by atoms with Gasteiger partial charge in [-0.2, -0.15) is 5.10 Å². The van der Waals surface area contributed by atoms with E-state index in [4.69, 9.17) is 28.6 Å². The van der Waals surface area contributed by atoms with Crippen molar-refractivity contribution >= 4 is 47.0 Å². The van der Waals surface area contributed by atoms with Gasteiger partial charge in [0.2, 0.25) is 0 Å². The lowest BCUT2D eigenvalue weighted by atomic mass is 10.2. The molecule has 0 atom stereocenters. The Hall–Kier alpha value is -2.64. The average molecular weight is 375 g/mol. The number of H-pyrrole nitrogens is 2. The van der Waals surface area contributed by atoms with E-state index in [2.05, 4.69) is 20.5 Å². The number of ether oxygens (including phenoxy) is 1. The van der Waals surface area contributed by atoms with Crippen molar-refractivity contribution in [3.05, 3.63) is 57.3 Å². The molecule has 128 valence electrons. The highest BCUT2D eigenvalue weighted by molar-refractivity contribution is 7.71. The van der Waals surface area contributed by atoms with Crippen LogP contribution in [-0.4, -0.2) is 28.7 Å². The van der Waals surface area contributed by atoms with Crippen LogP contribution >= 0.6 is 23.8 Å². The van der Waals surface area contributed by atoms with Crippen molar-refractivity contribution in [2.45, 2.75) is 6.92 Å². The van der Waals surface area contributed by atoms with Crippen molar-refractivity contribution in [2.24, 2.45) is 5.10 Å². The molecule has 0 aliphatic carbocycles. The molecule has 0 radical (unpaired) electrons. The highest BCUT2D eigenvalue weighted by Gasteiger charge is 2.06. The van der Waals surface area contributed by atoms with Gasteiger partial charge in [-0.3, -0.25) is 4.79 Å². The molecule has 3 aromatic rings. The van der Waals surface area contributed by atoms with E-state index in [1.165, 1.54) is 6.21 Å². The van der Waals surface area contributed by atoms with Gasteiger partial charge in [0.25, 0.3) is 5.91 Å². The zero-order valence-corrected chi connectivity index (χ0v) is 14.9. The van der Waals surface area contributed by atoms with Crippen LogP contribution in [0.3, 0.4) is 0 Å². The van der Waals surface area contributed by atoms with Gasteiger partial charge in [-0.05, 0) is 61.1 Å². The zero-order valence-electron chi connectivity index (χ0n) is 13.3. The molecule has 1 aromatic heterocycles. The van der Waals surface area contributed by atoms with Crippen LogP contribution in [0, 0.1) is 4.77 Å². The summed E-state index contributed by atoms with van der Waals surface area (Å²) in [5.74, 6) is 0.290. The number of carbonyl (C=O) groups is 1. The fraction of sp³-hybridized carbons (Fsp3) is 0.118. The molecule has 2 aromatic carbocycles. The van der Waals surface area contributed by atoms with Crippen molar-refractivity contribution < 1.29 is 9.53 Å². The van der Waals surface area contributed by atoms with E-state index < -0.39 is 0 Å². The van der Waals surface area contributed by atoms with Crippen molar-refractivity contribution in [3.63, 3.8) is 0 Å². The second-order valence-corrected chi connectivity index (χ2v) is 5.98. The Bertz CT molecular complexity index is 1010. The summed E-state index contributed by atoms with van der Waals surface area (Å²) < 4.78 is 5.88. The summed E-state index contributed by atoms with van der Waals surface area (Å²) in [7, 11) is 0. The first kappa shape index (κ1) is 17.2. The summed E-state index contributed by atoms with van der Waals surface area (Å²) in [4.78, 5) is 18.1. The van der Waals surface area contributed by atoms with Gasteiger partial charge >= 0.3 is 0 Å². The van der Waals surface area contributed by atoms with Crippen LogP contribution < -0.4 is 10.2 Å². The Morgan fingerprint density at radius 2 is 2.08 bits per heavy atom. The minimum absolute atomic E-state index is 0.323. The summed E-state index contributed by atoms with van der Waals surface area (Å²) in [5, 5.41) is 4.45. The maximum absolute atomic E-state index is 12.2. The molecule has 1 amide bonds. The van der Waals surface area contributed by atoms with E-state index in [9.17, 15) is 4.79 Å². The number of aromatic nitrogens is 2. The van der Waals surface area contributed by atoms with Crippen molar-refractivity contribution in [1.29, 1.82) is 0 Å². The molecule has 0 bridgehead atoms. The minimum Gasteiger partial charge on any atom is -0.492 e. The lowest BCUT2D eigenvalue weighted by Gasteiger charge is -2.05. The summed E-state index contributed by atoms with van der Waals surface area (Å²) >= 11 is 11.1. The summed E-state index contributed by atoms with van der Waals surface area (Å²) in [5.41, 5.74) is 5.31. The molecular weight excluding hydrogens is 360 g/mol. The topological polar surface area (TPSA) is 82.3 Å². The van der Waals surface area contributed by atoms with Gasteiger partial charge < -0.3 is 14.7 Å². The molecule has 3 rings (SSSR count). The van der Waals surface area contributed by atoms with Crippen LogP contribution in [0.15, 0.2) is 41.5 Å². The lowest BCUT2D eigenvalue weighted by Crippen LogP contribution is -2.17. The first-order chi connectivity index (χ1) is 12.1. The maximum atomic E-state index is 12.2. The number of hydrazone groups is 1. The maximum Gasteiger partial charge on any atom is 0.271 e. The first-order valence-electron chi connectivity index (χ1n) is 7.54. The molecular formula is C17H15ClN4O2S. The number of amides is 1. The number of fused-ring (bicyclic) bond motifs is 1.